The number of nitrogens with zero attached hydrogens (tertiary/aromatic N) is 1. The van der Waals surface area contributed by atoms with Crippen molar-refractivity contribution in [3.05, 3.63) is 58.3 Å². The van der Waals surface area contributed by atoms with Crippen molar-refractivity contribution in [2.45, 2.75) is 0 Å². The van der Waals surface area contributed by atoms with Crippen LogP contribution in [0.15, 0.2) is 47.9 Å². The molecule has 0 saturated carbocycles. The summed E-state index contributed by atoms with van der Waals surface area (Å²) in [5.74, 6) is -0.263. The van der Waals surface area contributed by atoms with Gasteiger partial charge in [-0.25, -0.2) is 0 Å². The minimum absolute atomic E-state index is 0.0644. The summed E-state index contributed by atoms with van der Waals surface area (Å²) in [6, 6.07) is 10.7. The van der Waals surface area contributed by atoms with Crippen molar-refractivity contribution in [3.63, 3.8) is 0 Å². The number of carbonyl (C=O) groups excluding carboxylic acids is 2. The summed E-state index contributed by atoms with van der Waals surface area (Å²) in [6.45, 7) is 0. The number of amides is 2. The van der Waals surface area contributed by atoms with Gasteiger partial charge in [0.25, 0.3) is 5.91 Å². The molecule has 4 nitrogen and oxygen atoms in total. The molecule has 1 N–H and O–H groups in total. The van der Waals surface area contributed by atoms with Crippen LogP contribution in [0.3, 0.4) is 0 Å². The summed E-state index contributed by atoms with van der Waals surface area (Å²) in [4.78, 5) is 26.0. The van der Waals surface area contributed by atoms with Gasteiger partial charge < -0.3 is 10.2 Å². The Morgan fingerprint density at radius 1 is 1.14 bits per heavy atom. The van der Waals surface area contributed by atoms with Crippen LogP contribution in [0, 0.1) is 0 Å². The molecular weight excluding hydrogens is 284 g/mol. The van der Waals surface area contributed by atoms with Gasteiger partial charge in [-0.1, -0.05) is 6.07 Å². The van der Waals surface area contributed by atoms with Gasteiger partial charge >= 0.3 is 0 Å². The Kier molecular flexibility index (Phi) is 4.90. The molecule has 0 aliphatic rings. The van der Waals surface area contributed by atoms with Crippen LogP contribution in [0.5, 0.6) is 0 Å². The van der Waals surface area contributed by atoms with Crippen molar-refractivity contribution >= 4 is 34.9 Å². The summed E-state index contributed by atoms with van der Waals surface area (Å²) in [7, 11) is 3.40. The third-order valence-corrected chi connectivity index (χ3v) is 3.59. The highest BCUT2D eigenvalue weighted by atomic mass is 32.1. The summed E-state index contributed by atoms with van der Waals surface area (Å²) < 4.78 is 0. The first-order valence-electron chi connectivity index (χ1n) is 6.40. The van der Waals surface area contributed by atoms with E-state index in [0.717, 1.165) is 4.88 Å². The maximum atomic E-state index is 11.8. The van der Waals surface area contributed by atoms with E-state index in [0.29, 0.717) is 11.3 Å². The summed E-state index contributed by atoms with van der Waals surface area (Å²) >= 11 is 1.57. The largest absolute Gasteiger partial charge is 0.345 e. The number of nitrogens with one attached hydrogen (secondary N) is 1. The van der Waals surface area contributed by atoms with E-state index < -0.39 is 0 Å². The molecule has 0 saturated heterocycles. The minimum atomic E-state index is -0.199. The Hall–Kier alpha value is -2.40. The molecule has 2 amide bonds. The molecule has 5 heteroatoms. The molecule has 0 bridgehead atoms. The quantitative estimate of drug-likeness (QED) is 0.882. The lowest BCUT2D eigenvalue weighted by atomic mass is 10.2. The molecule has 0 aliphatic carbocycles. The molecule has 1 aromatic heterocycles. The van der Waals surface area contributed by atoms with E-state index in [2.05, 4.69) is 5.32 Å². The normalized spacial score (nSPS) is 10.6. The Morgan fingerprint density at radius 2 is 1.86 bits per heavy atom. The molecule has 0 radical (unpaired) electrons. The lowest BCUT2D eigenvalue weighted by molar-refractivity contribution is -0.111. The second-order valence-corrected chi connectivity index (χ2v) is 5.59. The number of carbonyl (C=O) groups is 2. The zero-order valence-corrected chi connectivity index (χ0v) is 12.7. The second-order valence-electron chi connectivity index (χ2n) is 4.61. The van der Waals surface area contributed by atoms with E-state index in [9.17, 15) is 9.59 Å². The smallest absolute Gasteiger partial charge is 0.253 e. The Bertz CT molecular complexity index is 643. The maximum absolute atomic E-state index is 11.8. The molecule has 21 heavy (non-hydrogen) atoms. The SMILES string of the molecule is CN(C)C(=O)c1ccc(NC(=O)/C=C/c2cccs2)cc1. The van der Waals surface area contributed by atoms with Gasteiger partial charge in [-0.3, -0.25) is 9.59 Å². The van der Waals surface area contributed by atoms with Crippen molar-refractivity contribution in [2.24, 2.45) is 0 Å². The van der Waals surface area contributed by atoms with Crippen LogP contribution in [-0.2, 0) is 4.79 Å². The fourth-order valence-electron chi connectivity index (χ4n) is 1.68. The van der Waals surface area contributed by atoms with Gasteiger partial charge in [-0.2, -0.15) is 0 Å². The summed E-state index contributed by atoms with van der Waals surface area (Å²) in [5, 5.41) is 4.71. The lowest BCUT2D eigenvalue weighted by Crippen LogP contribution is -2.21. The highest BCUT2D eigenvalue weighted by molar-refractivity contribution is 7.10. The number of thiophene rings is 1. The second kappa shape index (κ2) is 6.85. The molecule has 2 aromatic rings. The van der Waals surface area contributed by atoms with Crippen LogP contribution in [0.4, 0.5) is 5.69 Å². The highest BCUT2D eigenvalue weighted by Gasteiger charge is 2.07. The molecule has 0 fully saturated rings. The van der Waals surface area contributed by atoms with E-state index in [1.807, 2.05) is 17.5 Å². The molecule has 108 valence electrons. The number of rotatable bonds is 4. The molecule has 0 aliphatic heterocycles. The van der Waals surface area contributed by atoms with Gasteiger partial charge in [-0.05, 0) is 41.8 Å². The van der Waals surface area contributed by atoms with E-state index in [1.165, 1.54) is 11.0 Å². The molecule has 1 aromatic carbocycles. The van der Waals surface area contributed by atoms with E-state index in [-0.39, 0.29) is 11.8 Å². The van der Waals surface area contributed by atoms with Crippen molar-refractivity contribution < 1.29 is 9.59 Å². The van der Waals surface area contributed by atoms with Gasteiger partial charge in [0.15, 0.2) is 0 Å². The Labute approximate surface area is 127 Å². The van der Waals surface area contributed by atoms with Gasteiger partial charge in [0, 0.05) is 36.3 Å². The Balaban J connectivity index is 1.97. The van der Waals surface area contributed by atoms with Gasteiger partial charge in [0.05, 0.1) is 0 Å². The fraction of sp³-hybridized carbons (Fsp3) is 0.125. The predicted molar refractivity (Wildman–Crippen MR) is 86.4 cm³/mol. The first-order valence-corrected chi connectivity index (χ1v) is 7.28. The van der Waals surface area contributed by atoms with Gasteiger partial charge in [0.1, 0.15) is 0 Å². The van der Waals surface area contributed by atoms with E-state index >= 15 is 0 Å². The minimum Gasteiger partial charge on any atom is -0.345 e. The standard InChI is InChI=1S/C16H16N2O2S/c1-18(2)16(20)12-5-7-13(8-6-12)17-15(19)10-9-14-4-3-11-21-14/h3-11H,1-2H3,(H,17,19)/b10-9+. The van der Waals surface area contributed by atoms with Gasteiger partial charge in [-0.15, -0.1) is 11.3 Å². The van der Waals surface area contributed by atoms with Crippen LogP contribution in [0.1, 0.15) is 15.2 Å². The van der Waals surface area contributed by atoms with E-state index in [4.69, 9.17) is 0 Å². The summed E-state index contributed by atoms with van der Waals surface area (Å²) in [5.41, 5.74) is 1.25. The van der Waals surface area contributed by atoms with Crippen molar-refractivity contribution in [1.29, 1.82) is 0 Å². The molecule has 0 unspecified atom stereocenters. The molecule has 0 spiro atoms. The topological polar surface area (TPSA) is 49.4 Å². The van der Waals surface area contributed by atoms with Crippen LogP contribution in [0.2, 0.25) is 0 Å². The van der Waals surface area contributed by atoms with Crippen LogP contribution in [0.25, 0.3) is 6.08 Å². The van der Waals surface area contributed by atoms with Crippen molar-refractivity contribution in [2.75, 3.05) is 19.4 Å². The van der Waals surface area contributed by atoms with Crippen molar-refractivity contribution in [3.8, 4) is 0 Å². The number of anilines is 1. The predicted octanol–water partition coefficient (Wildman–Crippen LogP) is 3.10. The molecule has 0 atom stereocenters. The number of hydrogen-bond acceptors (Lipinski definition) is 3. The first kappa shape index (κ1) is 15.0. The molecular formula is C16H16N2O2S. The van der Waals surface area contributed by atoms with Crippen LogP contribution in [-0.4, -0.2) is 30.8 Å². The first-order chi connectivity index (χ1) is 10.1. The molecule has 1 heterocycles. The highest BCUT2D eigenvalue weighted by Crippen LogP contribution is 2.12. The average Bonchev–Trinajstić information content (AvgIpc) is 2.98. The van der Waals surface area contributed by atoms with Crippen LogP contribution >= 0.6 is 11.3 Å². The zero-order valence-electron chi connectivity index (χ0n) is 11.9. The van der Waals surface area contributed by atoms with Crippen molar-refractivity contribution in [1.82, 2.24) is 4.90 Å². The van der Waals surface area contributed by atoms with E-state index in [1.54, 1.807) is 55.8 Å². The number of benzene rings is 1. The fourth-order valence-corrected chi connectivity index (χ4v) is 2.30. The number of hydrogen-bond donors (Lipinski definition) is 1. The maximum Gasteiger partial charge on any atom is 0.253 e. The monoisotopic (exact) mass is 300 g/mol. The zero-order chi connectivity index (χ0) is 15.2. The summed E-state index contributed by atoms with van der Waals surface area (Å²) in [6.07, 6.45) is 3.26. The average molecular weight is 300 g/mol. The Morgan fingerprint density at radius 3 is 2.43 bits per heavy atom. The molecule has 2 rings (SSSR count). The third-order valence-electron chi connectivity index (χ3n) is 2.75. The van der Waals surface area contributed by atoms with Crippen LogP contribution < -0.4 is 5.32 Å². The lowest BCUT2D eigenvalue weighted by Gasteiger charge is -2.10. The third kappa shape index (κ3) is 4.29. The van der Waals surface area contributed by atoms with Gasteiger partial charge in [0.2, 0.25) is 5.91 Å².